The highest BCUT2D eigenvalue weighted by atomic mass is 16.7. The number of hydrogen-bond acceptors (Lipinski definition) is 5. The van der Waals surface area contributed by atoms with Gasteiger partial charge in [0.15, 0.2) is 11.5 Å². The summed E-state index contributed by atoms with van der Waals surface area (Å²) in [6.07, 6.45) is 3.69. The number of carbonyl (C=O) groups is 1. The van der Waals surface area contributed by atoms with Crippen LogP contribution in [0.5, 0.6) is 23.0 Å². The van der Waals surface area contributed by atoms with Crippen molar-refractivity contribution in [3.8, 4) is 23.0 Å². The van der Waals surface area contributed by atoms with Crippen LogP contribution in [0.3, 0.4) is 0 Å². The van der Waals surface area contributed by atoms with Crippen LogP contribution in [0, 0.1) is 0 Å². The number of benzene rings is 3. The number of imidazole rings is 1. The van der Waals surface area contributed by atoms with E-state index in [4.69, 9.17) is 14.2 Å². The number of aromatic nitrogens is 2. The van der Waals surface area contributed by atoms with E-state index in [0.29, 0.717) is 23.9 Å². The molecule has 0 saturated heterocycles. The number of ether oxygens (including phenoxy) is 3. The second-order valence-corrected chi connectivity index (χ2v) is 8.78. The van der Waals surface area contributed by atoms with Gasteiger partial charge in [-0.05, 0) is 53.9 Å². The zero-order valence-corrected chi connectivity index (χ0v) is 19.1. The highest BCUT2D eigenvalue weighted by Gasteiger charge is 2.23. The highest BCUT2D eigenvalue weighted by molar-refractivity contribution is 5.92. The van der Waals surface area contributed by atoms with E-state index in [1.165, 1.54) is 5.56 Å². The highest BCUT2D eigenvalue weighted by Crippen LogP contribution is 2.33. The van der Waals surface area contributed by atoms with E-state index < -0.39 is 0 Å². The van der Waals surface area contributed by atoms with Crippen molar-refractivity contribution < 1.29 is 19.0 Å². The van der Waals surface area contributed by atoms with Crippen LogP contribution in [0.15, 0.2) is 79.0 Å². The Bertz CT molecular complexity index is 1350. The first-order valence-corrected chi connectivity index (χ1v) is 11.8. The van der Waals surface area contributed by atoms with Crippen molar-refractivity contribution in [3.05, 3.63) is 102 Å². The Kier molecular flexibility index (Phi) is 5.58. The minimum Gasteiger partial charge on any atom is -0.457 e. The Morgan fingerprint density at radius 1 is 1.00 bits per heavy atom. The van der Waals surface area contributed by atoms with Crippen molar-refractivity contribution in [2.45, 2.75) is 31.8 Å². The zero-order valence-electron chi connectivity index (χ0n) is 19.1. The topological polar surface area (TPSA) is 74.6 Å². The van der Waals surface area contributed by atoms with Gasteiger partial charge in [0.2, 0.25) is 6.79 Å². The molecule has 0 spiro atoms. The lowest BCUT2D eigenvalue weighted by molar-refractivity contribution is 0.0946. The standard InChI is InChI=1S/C28H25N3O4/c32-28(29-15-19-6-12-25-26(14-19)34-18-33-25)24-17-31-16-21(9-13-27(31)30-24)20-7-10-23(11-8-20)35-22-4-2-1-3-5-22/h1-8,10-12,14,17,21H,9,13,15-16,18H2,(H,29,32). The normalized spacial score (nSPS) is 15.9. The SMILES string of the molecule is O=C(NCc1ccc2c(c1)OCO2)c1cn2c(n1)CCC(c1ccc(Oc3ccccc3)cc1)C2. The third kappa shape index (κ3) is 4.57. The fourth-order valence-corrected chi connectivity index (χ4v) is 4.58. The molecule has 0 radical (unpaired) electrons. The molecule has 4 aromatic rings. The first-order chi connectivity index (χ1) is 17.2. The van der Waals surface area contributed by atoms with E-state index in [9.17, 15) is 4.79 Å². The summed E-state index contributed by atoms with van der Waals surface area (Å²) in [5.74, 6) is 4.23. The maximum absolute atomic E-state index is 12.8. The first-order valence-electron chi connectivity index (χ1n) is 11.8. The van der Waals surface area contributed by atoms with E-state index >= 15 is 0 Å². The van der Waals surface area contributed by atoms with Crippen LogP contribution in [-0.4, -0.2) is 22.3 Å². The molecule has 1 aromatic heterocycles. The predicted octanol–water partition coefficient (Wildman–Crippen LogP) is 5.06. The van der Waals surface area contributed by atoms with Crippen molar-refractivity contribution in [2.24, 2.45) is 0 Å². The third-order valence-electron chi connectivity index (χ3n) is 6.45. The molecule has 6 rings (SSSR count). The number of fused-ring (bicyclic) bond motifs is 2. The second kappa shape index (κ2) is 9.18. The molecule has 0 bridgehead atoms. The lowest BCUT2D eigenvalue weighted by atomic mass is 9.91. The lowest BCUT2D eigenvalue weighted by Gasteiger charge is -2.24. The fourth-order valence-electron chi connectivity index (χ4n) is 4.58. The van der Waals surface area contributed by atoms with E-state index in [-0.39, 0.29) is 12.7 Å². The van der Waals surface area contributed by atoms with Crippen molar-refractivity contribution in [1.82, 2.24) is 14.9 Å². The van der Waals surface area contributed by atoms with Crippen LogP contribution in [0.1, 0.15) is 39.8 Å². The number of nitrogens with zero attached hydrogens (tertiary/aromatic N) is 2. The van der Waals surface area contributed by atoms with Gasteiger partial charge in [-0.2, -0.15) is 0 Å². The minimum absolute atomic E-state index is 0.177. The predicted molar refractivity (Wildman–Crippen MR) is 130 cm³/mol. The Labute approximate surface area is 203 Å². The largest absolute Gasteiger partial charge is 0.457 e. The average Bonchev–Trinajstić information content (AvgIpc) is 3.54. The lowest BCUT2D eigenvalue weighted by Crippen LogP contribution is -2.23. The molecule has 1 atom stereocenters. The zero-order chi connectivity index (χ0) is 23.6. The number of para-hydroxylation sites is 1. The van der Waals surface area contributed by atoms with Gasteiger partial charge >= 0.3 is 0 Å². The third-order valence-corrected chi connectivity index (χ3v) is 6.45. The molecule has 3 aromatic carbocycles. The summed E-state index contributed by atoms with van der Waals surface area (Å²) in [5, 5.41) is 2.96. The molecule has 176 valence electrons. The number of carbonyl (C=O) groups excluding carboxylic acids is 1. The first kappa shape index (κ1) is 21.3. The van der Waals surface area contributed by atoms with Gasteiger partial charge in [-0.1, -0.05) is 36.4 Å². The van der Waals surface area contributed by atoms with E-state index in [2.05, 4.69) is 27.0 Å². The maximum atomic E-state index is 12.8. The fraction of sp³-hybridized carbons (Fsp3) is 0.214. The van der Waals surface area contributed by atoms with Crippen molar-refractivity contribution >= 4 is 5.91 Å². The molecule has 7 heteroatoms. The van der Waals surface area contributed by atoms with Crippen molar-refractivity contribution in [3.63, 3.8) is 0 Å². The summed E-state index contributed by atoms with van der Waals surface area (Å²) in [6.45, 7) is 1.44. The summed E-state index contributed by atoms with van der Waals surface area (Å²) in [6, 6.07) is 23.7. The Balaban J connectivity index is 1.08. The average molecular weight is 468 g/mol. The van der Waals surface area contributed by atoms with Gasteiger partial charge in [0.1, 0.15) is 23.0 Å². The van der Waals surface area contributed by atoms with Gasteiger partial charge in [-0.25, -0.2) is 4.98 Å². The van der Waals surface area contributed by atoms with E-state index in [1.54, 1.807) is 0 Å². The molecule has 7 nitrogen and oxygen atoms in total. The van der Waals surface area contributed by atoms with Crippen LogP contribution >= 0.6 is 0 Å². The molecule has 1 amide bonds. The Hall–Kier alpha value is -4.26. The van der Waals surface area contributed by atoms with Gasteiger partial charge in [-0.15, -0.1) is 0 Å². The Morgan fingerprint density at radius 2 is 1.80 bits per heavy atom. The molecule has 0 fully saturated rings. The van der Waals surface area contributed by atoms with E-state index in [1.807, 2.05) is 66.9 Å². The molecular formula is C28H25N3O4. The van der Waals surface area contributed by atoms with Crippen LogP contribution in [-0.2, 0) is 19.5 Å². The van der Waals surface area contributed by atoms with E-state index in [0.717, 1.165) is 48.0 Å². The molecule has 3 heterocycles. The van der Waals surface area contributed by atoms with Gasteiger partial charge in [0, 0.05) is 31.6 Å². The van der Waals surface area contributed by atoms with Crippen molar-refractivity contribution in [1.29, 1.82) is 0 Å². The molecular weight excluding hydrogens is 442 g/mol. The number of aryl methyl sites for hydroxylation is 1. The molecule has 35 heavy (non-hydrogen) atoms. The molecule has 2 aliphatic heterocycles. The smallest absolute Gasteiger partial charge is 0.271 e. The number of rotatable bonds is 6. The van der Waals surface area contributed by atoms with Gasteiger partial charge < -0.3 is 24.1 Å². The minimum atomic E-state index is -0.177. The summed E-state index contributed by atoms with van der Waals surface area (Å²) < 4.78 is 18.8. The summed E-state index contributed by atoms with van der Waals surface area (Å²) in [4.78, 5) is 17.3. The number of amides is 1. The summed E-state index contributed by atoms with van der Waals surface area (Å²) >= 11 is 0. The van der Waals surface area contributed by atoms with Gasteiger partial charge in [-0.3, -0.25) is 4.79 Å². The molecule has 2 aliphatic rings. The molecule has 1 unspecified atom stereocenters. The second-order valence-electron chi connectivity index (χ2n) is 8.78. The number of nitrogens with one attached hydrogen (secondary N) is 1. The van der Waals surface area contributed by atoms with Gasteiger partial charge in [0.05, 0.1) is 0 Å². The van der Waals surface area contributed by atoms with Crippen LogP contribution in [0.25, 0.3) is 0 Å². The molecule has 0 saturated carbocycles. The monoisotopic (exact) mass is 467 g/mol. The summed E-state index contributed by atoms with van der Waals surface area (Å²) in [7, 11) is 0. The molecule has 1 N–H and O–H groups in total. The molecule has 0 aliphatic carbocycles. The number of hydrogen-bond donors (Lipinski definition) is 1. The van der Waals surface area contributed by atoms with Crippen molar-refractivity contribution in [2.75, 3.05) is 6.79 Å². The van der Waals surface area contributed by atoms with Crippen LogP contribution < -0.4 is 19.5 Å². The van der Waals surface area contributed by atoms with Crippen LogP contribution in [0.2, 0.25) is 0 Å². The van der Waals surface area contributed by atoms with Crippen LogP contribution in [0.4, 0.5) is 0 Å². The van der Waals surface area contributed by atoms with Gasteiger partial charge in [0.25, 0.3) is 5.91 Å². The Morgan fingerprint density at radius 3 is 2.66 bits per heavy atom. The maximum Gasteiger partial charge on any atom is 0.271 e. The summed E-state index contributed by atoms with van der Waals surface area (Å²) in [5.41, 5.74) is 2.66. The quantitative estimate of drug-likeness (QED) is 0.429.